The van der Waals surface area contributed by atoms with Crippen molar-refractivity contribution in [2.24, 2.45) is 28.6 Å². The number of carbonyl (C=O) groups is 3. The van der Waals surface area contributed by atoms with E-state index in [4.69, 9.17) is 4.74 Å². The monoisotopic (exact) mass is 513 g/mol. The Hall–Kier alpha value is -2.58. The van der Waals surface area contributed by atoms with Crippen LogP contribution in [-0.2, 0) is 19.1 Å². The van der Waals surface area contributed by atoms with Crippen molar-refractivity contribution in [3.8, 4) is 0 Å². The van der Waals surface area contributed by atoms with Crippen molar-refractivity contribution in [1.82, 2.24) is 4.90 Å². The second-order valence-corrected chi connectivity index (χ2v) is 12.1. The van der Waals surface area contributed by atoms with Crippen molar-refractivity contribution >= 4 is 17.5 Å². The summed E-state index contributed by atoms with van der Waals surface area (Å²) in [5.74, 6) is -2.92. The van der Waals surface area contributed by atoms with Crippen LogP contribution in [0.4, 0.5) is 4.39 Å². The van der Waals surface area contributed by atoms with Gasteiger partial charge in [-0.3, -0.25) is 9.59 Å². The highest BCUT2D eigenvalue weighted by Gasteiger charge is 2.75. The van der Waals surface area contributed by atoms with Crippen LogP contribution in [0.1, 0.15) is 46.5 Å². The SMILES string of the molecule is C[C@@H]1C[C@H]2[C@@H]3CCC4=CC(=O)C=C[C@]4(C)C3(F)[C@@H](O)C[C@]2(C)[C@@]1(O)C(=O)COC(=O)C1=CC=CN(C)C1. The van der Waals surface area contributed by atoms with Crippen LogP contribution in [0.5, 0.6) is 0 Å². The van der Waals surface area contributed by atoms with Crippen LogP contribution >= 0.6 is 0 Å². The molecule has 0 radical (unpaired) electrons. The molecule has 0 spiro atoms. The first-order chi connectivity index (χ1) is 17.3. The van der Waals surface area contributed by atoms with Crippen LogP contribution in [0.2, 0.25) is 0 Å². The van der Waals surface area contributed by atoms with Crippen LogP contribution in [0, 0.1) is 28.6 Å². The van der Waals surface area contributed by atoms with E-state index < -0.39 is 58.4 Å². The smallest absolute Gasteiger partial charge is 0.336 e. The average molecular weight is 514 g/mol. The summed E-state index contributed by atoms with van der Waals surface area (Å²) < 4.78 is 22.6. The minimum Gasteiger partial charge on any atom is -0.454 e. The number of esters is 1. The van der Waals surface area contributed by atoms with Gasteiger partial charge in [-0.15, -0.1) is 0 Å². The van der Waals surface area contributed by atoms with Crippen molar-refractivity contribution in [3.63, 3.8) is 0 Å². The Morgan fingerprint density at radius 1 is 1.27 bits per heavy atom. The van der Waals surface area contributed by atoms with Gasteiger partial charge in [0.15, 0.2) is 18.1 Å². The molecule has 0 aromatic rings. The fourth-order valence-corrected chi connectivity index (χ4v) is 8.29. The molecule has 5 rings (SSSR count). The van der Waals surface area contributed by atoms with Crippen molar-refractivity contribution in [1.29, 1.82) is 0 Å². The van der Waals surface area contributed by atoms with E-state index >= 15 is 4.39 Å². The lowest BCUT2D eigenvalue weighted by atomic mass is 9.44. The third kappa shape index (κ3) is 3.41. The molecule has 2 N–H and O–H groups in total. The molecule has 8 heteroatoms. The summed E-state index contributed by atoms with van der Waals surface area (Å²) in [5.41, 5.74) is -5.07. The van der Waals surface area contributed by atoms with Crippen LogP contribution < -0.4 is 0 Å². The molecule has 4 aliphatic carbocycles. The third-order valence-corrected chi connectivity index (χ3v) is 10.3. The number of allylic oxidation sites excluding steroid dienone is 6. The first-order valence-electron chi connectivity index (χ1n) is 13.1. The van der Waals surface area contributed by atoms with Gasteiger partial charge in [0.1, 0.15) is 5.60 Å². The lowest BCUT2D eigenvalue weighted by Crippen LogP contribution is -2.69. The topological polar surface area (TPSA) is 104 Å². The highest BCUT2D eigenvalue weighted by atomic mass is 19.1. The average Bonchev–Trinajstić information content (AvgIpc) is 3.05. The number of ketones is 2. The zero-order valence-corrected chi connectivity index (χ0v) is 21.9. The Bertz CT molecular complexity index is 1170. The minimum absolute atomic E-state index is 0.114. The largest absolute Gasteiger partial charge is 0.454 e. The second-order valence-electron chi connectivity index (χ2n) is 12.1. The number of ether oxygens (including phenoxy) is 1. The van der Waals surface area contributed by atoms with Crippen molar-refractivity contribution < 1.29 is 33.7 Å². The Morgan fingerprint density at radius 3 is 2.70 bits per heavy atom. The summed E-state index contributed by atoms with van der Waals surface area (Å²) in [7, 11) is 1.82. The number of carbonyl (C=O) groups excluding carboxylic acids is 3. The number of fused-ring (bicyclic) bond motifs is 5. The number of halogens is 1. The molecule has 0 saturated heterocycles. The predicted molar refractivity (Wildman–Crippen MR) is 134 cm³/mol. The molecule has 3 saturated carbocycles. The van der Waals surface area contributed by atoms with E-state index in [9.17, 15) is 24.6 Å². The van der Waals surface area contributed by atoms with Crippen molar-refractivity contribution in [3.05, 3.63) is 47.7 Å². The zero-order chi connectivity index (χ0) is 27.0. The van der Waals surface area contributed by atoms with Gasteiger partial charge in [-0.2, -0.15) is 0 Å². The number of aliphatic hydroxyl groups excluding tert-OH is 1. The Balaban J connectivity index is 1.42. The molecule has 8 atom stereocenters. The first-order valence-corrected chi connectivity index (χ1v) is 13.1. The number of likely N-dealkylation sites (N-methyl/N-ethyl adjacent to an activating group) is 1. The van der Waals surface area contributed by atoms with Gasteiger partial charge in [0, 0.05) is 30.3 Å². The maximum Gasteiger partial charge on any atom is 0.336 e. The first kappa shape index (κ1) is 26.0. The number of Topliss-reactive ketones (excluding diaryl/α,β-unsaturated/α-hetero) is 1. The molecule has 200 valence electrons. The fraction of sp³-hybridized carbons (Fsp3) is 0.621. The maximum atomic E-state index is 17.2. The molecule has 1 heterocycles. The Labute approximate surface area is 216 Å². The van der Waals surface area contributed by atoms with E-state index in [0.717, 1.165) is 0 Å². The summed E-state index contributed by atoms with van der Waals surface area (Å²) in [5, 5.41) is 23.4. The van der Waals surface area contributed by atoms with Gasteiger partial charge in [-0.05, 0) is 74.9 Å². The van der Waals surface area contributed by atoms with Crippen LogP contribution in [0.15, 0.2) is 47.7 Å². The zero-order valence-electron chi connectivity index (χ0n) is 21.9. The minimum atomic E-state index is -2.04. The summed E-state index contributed by atoms with van der Waals surface area (Å²) >= 11 is 0. The van der Waals surface area contributed by atoms with Crippen LogP contribution in [0.25, 0.3) is 0 Å². The van der Waals surface area contributed by atoms with Crippen LogP contribution in [0.3, 0.4) is 0 Å². The van der Waals surface area contributed by atoms with E-state index in [1.165, 1.54) is 12.2 Å². The van der Waals surface area contributed by atoms with Gasteiger partial charge in [-0.25, -0.2) is 9.18 Å². The molecule has 3 fully saturated rings. The van der Waals surface area contributed by atoms with Gasteiger partial charge < -0.3 is 19.8 Å². The highest BCUT2D eigenvalue weighted by Crippen LogP contribution is 2.70. The lowest BCUT2D eigenvalue weighted by Gasteiger charge is -2.62. The molecular weight excluding hydrogens is 477 g/mol. The Kier molecular flexibility index (Phi) is 5.96. The van der Waals surface area contributed by atoms with E-state index in [0.29, 0.717) is 37.0 Å². The van der Waals surface area contributed by atoms with Gasteiger partial charge in [0.2, 0.25) is 5.78 Å². The van der Waals surface area contributed by atoms with Crippen molar-refractivity contribution in [2.45, 2.75) is 63.8 Å². The number of hydrogen-bond donors (Lipinski definition) is 2. The van der Waals surface area contributed by atoms with E-state index in [1.807, 2.05) is 18.1 Å². The summed E-state index contributed by atoms with van der Waals surface area (Å²) in [6.45, 7) is 5.03. The van der Waals surface area contributed by atoms with Crippen molar-refractivity contribution in [2.75, 3.05) is 20.2 Å². The van der Waals surface area contributed by atoms with Crippen LogP contribution in [-0.4, -0.2) is 70.2 Å². The molecule has 0 aromatic heterocycles. The number of aliphatic hydroxyl groups is 2. The van der Waals surface area contributed by atoms with Gasteiger partial charge in [0.05, 0.1) is 11.7 Å². The molecule has 0 bridgehead atoms. The molecule has 1 aliphatic heterocycles. The number of nitrogens with zero attached hydrogens (tertiary/aromatic N) is 1. The number of hydrogen-bond acceptors (Lipinski definition) is 7. The second kappa shape index (κ2) is 8.46. The lowest BCUT2D eigenvalue weighted by molar-refractivity contribution is -0.219. The molecule has 5 aliphatic rings. The molecule has 7 nitrogen and oxygen atoms in total. The van der Waals surface area contributed by atoms with E-state index in [2.05, 4.69) is 0 Å². The quantitative estimate of drug-likeness (QED) is 0.557. The summed E-state index contributed by atoms with van der Waals surface area (Å²) in [4.78, 5) is 40.0. The molecule has 0 aromatic carbocycles. The van der Waals surface area contributed by atoms with Gasteiger partial charge >= 0.3 is 5.97 Å². The number of rotatable bonds is 4. The summed E-state index contributed by atoms with van der Waals surface area (Å²) in [6, 6.07) is 0. The van der Waals surface area contributed by atoms with E-state index in [-0.39, 0.29) is 18.1 Å². The standard InChI is InChI=1S/C29H36FNO6/c1-17-12-22-21-8-7-19-13-20(32)9-10-26(19,2)28(21,30)23(33)14-27(22,3)29(17,36)24(34)16-37-25(35)18-6-5-11-31(4)15-18/h5-6,9-11,13,17,21-23,33,36H,7-8,12,14-16H2,1-4H3/t17-,21+,22+,23+,26+,27+,28?,29+/m1/s1. The highest BCUT2D eigenvalue weighted by molar-refractivity contribution is 6.01. The predicted octanol–water partition coefficient (Wildman–Crippen LogP) is 2.83. The van der Waals surface area contributed by atoms with Gasteiger partial charge in [0.25, 0.3) is 0 Å². The third-order valence-electron chi connectivity index (χ3n) is 10.3. The fourth-order valence-electron chi connectivity index (χ4n) is 8.29. The maximum absolute atomic E-state index is 17.2. The number of alkyl halides is 1. The molecular formula is C29H36FNO6. The van der Waals surface area contributed by atoms with E-state index in [1.54, 1.807) is 39.0 Å². The molecule has 0 amide bonds. The molecule has 37 heavy (non-hydrogen) atoms. The Morgan fingerprint density at radius 2 is 2.00 bits per heavy atom. The molecule has 1 unspecified atom stereocenters. The normalized spacial score (nSPS) is 44.4. The summed E-state index contributed by atoms with van der Waals surface area (Å²) in [6.07, 6.45) is 9.38. The van der Waals surface area contributed by atoms with Gasteiger partial charge in [-0.1, -0.05) is 25.5 Å².